The Kier molecular flexibility index (Phi) is 3.53. The predicted molar refractivity (Wildman–Crippen MR) is 53.3 cm³/mol. The number of nitrogens with zero attached hydrogens (tertiary/aromatic N) is 1. The molecule has 1 aliphatic rings. The summed E-state index contributed by atoms with van der Waals surface area (Å²) in [5.41, 5.74) is 0. The molecule has 1 N–H and O–H groups in total. The van der Waals surface area contributed by atoms with Crippen LogP contribution in [0.1, 0.15) is 27.7 Å². The van der Waals surface area contributed by atoms with E-state index in [-0.39, 0.29) is 0 Å². The second-order valence-corrected chi connectivity index (χ2v) is 4.35. The second kappa shape index (κ2) is 4.24. The first-order valence-corrected chi connectivity index (χ1v) is 5.09. The number of nitrogens with one attached hydrogen (secondary N) is 1. The Morgan fingerprint density at radius 2 is 1.92 bits per heavy atom. The Hall–Kier alpha value is -0.0800. The van der Waals surface area contributed by atoms with E-state index in [0.29, 0.717) is 6.04 Å². The highest BCUT2D eigenvalue weighted by Gasteiger charge is 2.26. The highest BCUT2D eigenvalue weighted by Crippen LogP contribution is 2.15. The molecule has 0 saturated carbocycles. The summed E-state index contributed by atoms with van der Waals surface area (Å²) in [6, 6.07) is 1.43. The van der Waals surface area contributed by atoms with Gasteiger partial charge < -0.3 is 5.32 Å². The van der Waals surface area contributed by atoms with Crippen LogP contribution in [-0.4, -0.2) is 36.6 Å². The van der Waals surface area contributed by atoms with Gasteiger partial charge in [-0.15, -0.1) is 0 Å². The van der Waals surface area contributed by atoms with Crippen LogP contribution >= 0.6 is 0 Å². The molecule has 0 radical (unpaired) electrons. The standard InChI is InChI=1S/C10H22N2/c1-8(2)10-7-11-5-6-12(10)9(3)4/h8-11H,5-7H2,1-4H3. The third-order valence-corrected chi connectivity index (χ3v) is 2.76. The maximum atomic E-state index is 3.46. The first kappa shape index (κ1) is 10.0. The van der Waals surface area contributed by atoms with Gasteiger partial charge in [-0.1, -0.05) is 13.8 Å². The summed E-state index contributed by atoms with van der Waals surface area (Å²) < 4.78 is 0. The third kappa shape index (κ3) is 2.20. The fourth-order valence-corrected chi connectivity index (χ4v) is 2.00. The summed E-state index contributed by atoms with van der Waals surface area (Å²) in [6.45, 7) is 12.7. The van der Waals surface area contributed by atoms with E-state index in [1.54, 1.807) is 0 Å². The van der Waals surface area contributed by atoms with Crippen molar-refractivity contribution < 1.29 is 0 Å². The number of hydrogen-bond donors (Lipinski definition) is 1. The van der Waals surface area contributed by atoms with Crippen LogP contribution in [-0.2, 0) is 0 Å². The third-order valence-electron chi connectivity index (χ3n) is 2.76. The summed E-state index contributed by atoms with van der Waals surface area (Å²) >= 11 is 0. The molecule has 12 heavy (non-hydrogen) atoms. The van der Waals surface area contributed by atoms with Gasteiger partial charge in [0.05, 0.1) is 0 Å². The van der Waals surface area contributed by atoms with Crippen LogP contribution < -0.4 is 5.32 Å². The van der Waals surface area contributed by atoms with E-state index in [0.717, 1.165) is 25.0 Å². The Balaban J connectivity index is 2.54. The molecule has 2 nitrogen and oxygen atoms in total. The van der Waals surface area contributed by atoms with Crippen molar-refractivity contribution in [3.05, 3.63) is 0 Å². The molecule has 0 aliphatic carbocycles. The summed E-state index contributed by atoms with van der Waals surface area (Å²) in [5, 5.41) is 3.46. The molecule has 1 atom stereocenters. The molecule has 2 heteroatoms. The average Bonchev–Trinajstić information content (AvgIpc) is 2.04. The average molecular weight is 170 g/mol. The summed E-state index contributed by atoms with van der Waals surface area (Å²) in [4.78, 5) is 2.61. The fourth-order valence-electron chi connectivity index (χ4n) is 2.00. The van der Waals surface area contributed by atoms with Gasteiger partial charge in [0.1, 0.15) is 0 Å². The molecule has 0 aromatic rings. The van der Waals surface area contributed by atoms with Crippen LogP contribution in [0.25, 0.3) is 0 Å². The molecule has 72 valence electrons. The topological polar surface area (TPSA) is 15.3 Å². The van der Waals surface area contributed by atoms with E-state index in [9.17, 15) is 0 Å². The van der Waals surface area contributed by atoms with Crippen molar-refractivity contribution in [2.24, 2.45) is 5.92 Å². The Morgan fingerprint density at radius 1 is 1.25 bits per heavy atom. The van der Waals surface area contributed by atoms with Gasteiger partial charge >= 0.3 is 0 Å². The highest BCUT2D eigenvalue weighted by molar-refractivity contribution is 4.83. The van der Waals surface area contributed by atoms with Gasteiger partial charge in [0, 0.05) is 31.7 Å². The molecule has 1 unspecified atom stereocenters. The fraction of sp³-hybridized carbons (Fsp3) is 1.00. The predicted octanol–water partition coefficient (Wildman–Crippen LogP) is 1.32. The molecule has 1 rings (SSSR count). The zero-order valence-electron chi connectivity index (χ0n) is 8.80. The molecule has 0 amide bonds. The molecule has 1 heterocycles. The minimum absolute atomic E-state index is 0.694. The van der Waals surface area contributed by atoms with Crippen LogP contribution in [0.15, 0.2) is 0 Å². The first-order valence-electron chi connectivity index (χ1n) is 5.09. The quantitative estimate of drug-likeness (QED) is 0.672. The van der Waals surface area contributed by atoms with E-state index >= 15 is 0 Å². The Labute approximate surface area is 76.3 Å². The van der Waals surface area contributed by atoms with Crippen molar-refractivity contribution >= 4 is 0 Å². The minimum atomic E-state index is 0.694. The van der Waals surface area contributed by atoms with Crippen molar-refractivity contribution in [2.75, 3.05) is 19.6 Å². The van der Waals surface area contributed by atoms with Gasteiger partial charge in [-0.3, -0.25) is 4.90 Å². The van der Waals surface area contributed by atoms with E-state index in [2.05, 4.69) is 37.9 Å². The lowest BCUT2D eigenvalue weighted by molar-refractivity contribution is 0.0923. The van der Waals surface area contributed by atoms with E-state index in [1.807, 2.05) is 0 Å². The zero-order valence-corrected chi connectivity index (χ0v) is 8.80. The van der Waals surface area contributed by atoms with Crippen molar-refractivity contribution in [2.45, 2.75) is 39.8 Å². The highest BCUT2D eigenvalue weighted by atomic mass is 15.2. The Morgan fingerprint density at radius 3 is 2.33 bits per heavy atom. The van der Waals surface area contributed by atoms with Crippen LogP contribution in [0.4, 0.5) is 0 Å². The van der Waals surface area contributed by atoms with E-state index in [4.69, 9.17) is 0 Å². The van der Waals surface area contributed by atoms with E-state index < -0.39 is 0 Å². The normalized spacial score (nSPS) is 27.0. The molecular weight excluding hydrogens is 148 g/mol. The van der Waals surface area contributed by atoms with Crippen molar-refractivity contribution in [3.63, 3.8) is 0 Å². The molecular formula is C10H22N2. The van der Waals surface area contributed by atoms with Crippen molar-refractivity contribution in [3.8, 4) is 0 Å². The lowest BCUT2D eigenvalue weighted by Gasteiger charge is -2.41. The molecule has 1 fully saturated rings. The van der Waals surface area contributed by atoms with Crippen molar-refractivity contribution in [1.82, 2.24) is 10.2 Å². The lowest BCUT2D eigenvalue weighted by atomic mass is 9.99. The molecule has 0 aromatic heterocycles. The molecule has 0 bridgehead atoms. The van der Waals surface area contributed by atoms with Crippen LogP contribution in [0.5, 0.6) is 0 Å². The molecule has 0 aromatic carbocycles. The van der Waals surface area contributed by atoms with Crippen LogP contribution in [0.2, 0.25) is 0 Å². The van der Waals surface area contributed by atoms with Gasteiger partial charge in [-0.2, -0.15) is 0 Å². The number of piperazine rings is 1. The summed E-state index contributed by atoms with van der Waals surface area (Å²) in [7, 11) is 0. The lowest BCUT2D eigenvalue weighted by Crippen LogP contribution is -2.55. The molecule has 1 saturated heterocycles. The maximum absolute atomic E-state index is 3.46. The van der Waals surface area contributed by atoms with Gasteiger partial charge in [0.15, 0.2) is 0 Å². The van der Waals surface area contributed by atoms with Gasteiger partial charge in [0.25, 0.3) is 0 Å². The zero-order chi connectivity index (χ0) is 9.14. The first-order chi connectivity index (χ1) is 5.63. The molecule has 1 aliphatic heterocycles. The van der Waals surface area contributed by atoms with E-state index in [1.165, 1.54) is 6.54 Å². The number of hydrogen-bond acceptors (Lipinski definition) is 2. The Bertz CT molecular complexity index is 116. The summed E-state index contributed by atoms with van der Waals surface area (Å²) in [5.74, 6) is 0.764. The smallest absolute Gasteiger partial charge is 0.0246 e. The van der Waals surface area contributed by atoms with Crippen LogP contribution in [0.3, 0.4) is 0 Å². The monoisotopic (exact) mass is 170 g/mol. The maximum Gasteiger partial charge on any atom is 0.0246 e. The van der Waals surface area contributed by atoms with Crippen LogP contribution in [0, 0.1) is 5.92 Å². The van der Waals surface area contributed by atoms with Gasteiger partial charge in [0.2, 0.25) is 0 Å². The molecule has 0 spiro atoms. The SMILES string of the molecule is CC(C)C1CNCCN1C(C)C. The number of rotatable bonds is 2. The van der Waals surface area contributed by atoms with Crippen molar-refractivity contribution in [1.29, 1.82) is 0 Å². The van der Waals surface area contributed by atoms with Gasteiger partial charge in [-0.25, -0.2) is 0 Å². The largest absolute Gasteiger partial charge is 0.314 e. The minimum Gasteiger partial charge on any atom is -0.314 e. The second-order valence-electron chi connectivity index (χ2n) is 4.35. The summed E-state index contributed by atoms with van der Waals surface area (Å²) in [6.07, 6.45) is 0. The van der Waals surface area contributed by atoms with Gasteiger partial charge in [-0.05, 0) is 19.8 Å².